The summed E-state index contributed by atoms with van der Waals surface area (Å²) in [6.45, 7) is 10.0. The maximum atomic E-state index is 12.5. The third kappa shape index (κ3) is 6.67. The van der Waals surface area contributed by atoms with Gasteiger partial charge in [0.05, 0.1) is 12.7 Å². The Balaban J connectivity index is 1.38. The van der Waals surface area contributed by atoms with Crippen molar-refractivity contribution in [3.8, 4) is 16.3 Å². The van der Waals surface area contributed by atoms with Crippen LogP contribution in [-0.4, -0.2) is 78.8 Å². The van der Waals surface area contributed by atoms with E-state index in [4.69, 9.17) is 9.47 Å². The van der Waals surface area contributed by atoms with Crippen LogP contribution >= 0.6 is 11.3 Å². The van der Waals surface area contributed by atoms with Crippen LogP contribution in [0.2, 0.25) is 0 Å². The number of rotatable bonds is 7. The number of aromatic nitrogens is 1. The van der Waals surface area contributed by atoms with Crippen LogP contribution in [0.15, 0.2) is 29.6 Å². The van der Waals surface area contributed by atoms with Crippen LogP contribution in [0.4, 0.5) is 4.79 Å². The summed E-state index contributed by atoms with van der Waals surface area (Å²) in [6.07, 6.45) is 0.585. The summed E-state index contributed by atoms with van der Waals surface area (Å²) in [6, 6.07) is 7.64. The summed E-state index contributed by atoms with van der Waals surface area (Å²) < 4.78 is 10.8. The van der Waals surface area contributed by atoms with Gasteiger partial charge >= 0.3 is 6.09 Å². The average Bonchev–Trinajstić information content (AvgIpc) is 3.26. The minimum absolute atomic E-state index is 0.169. The molecule has 2 heterocycles. The van der Waals surface area contributed by atoms with Crippen LogP contribution in [0.25, 0.3) is 10.6 Å². The minimum atomic E-state index is -0.475. The molecule has 174 valence electrons. The largest absolute Gasteiger partial charge is 0.496 e. The molecule has 2 aromatic rings. The predicted octanol–water partition coefficient (Wildman–Crippen LogP) is 3.49. The third-order valence-electron chi connectivity index (χ3n) is 5.03. The first-order valence-corrected chi connectivity index (χ1v) is 11.7. The second kappa shape index (κ2) is 10.8. The molecule has 0 unspecified atom stereocenters. The molecule has 1 fully saturated rings. The van der Waals surface area contributed by atoms with Crippen molar-refractivity contribution >= 4 is 23.3 Å². The van der Waals surface area contributed by atoms with Crippen molar-refractivity contribution < 1.29 is 19.1 Å². The van der Waals surface area contributed by atoms with Crippen LogP contribution < -0.4 is 10.1 Å². The van der Waals surface area contributed by atoms with Crippen molar-refractivity contribution in [2.75, 3.05) is 46.4 Å². The lowest BCUT2D eigenvalue weighted by molar-refractivity contribution is 0.0144. The number of nitrogens with one attached hydrogen (secondary N) is 1. The zero-order valence-corrected chi connectivity index (χ0v) is 20.0. The SMILES string of the molecule is COc1ccccc1-c1nc(C(=O)NCCCN2CCN(C(=O)OC(C)(C)C)CC2)cs1. The van der Waals surface area contributed by atoms with Gasteiger partial charge in [-0.1, -0.05) is 12.1 Å². The number of amides is 2. The van der Waals surface area contributed by atoms with Gasteiger partial charge in [-0.05, 0) is 45.9 Å². The van der Waals surface area contributed by atoms with E-state index >= 15 is 0 Å². The molecule has 0 spiro atoms. The van der Waals surface area contributed by atoms with Gasteiger partial charge < -0.3 is 19.7 Å². The number of benzene rings is 1. The molecule has 3 rings (SSSR count). The number of hydrogen-bond acceptors (Lipinski definition) is 7. The summed E-state index contributed by atoms with van der Waals surface area (Å²) in [7, 11) is 1.62. The van der Waals surface area contributed by atoms with Gasteiger partial charge in [0.2, 0.25) is 0 Å². The first-order valence-electron chi connectivity index (χ1n) is 10.8. The maximum absolute atomic E-state index is 12.5. The molecule has 2 amide bonds. The Morgan fingerprint density at radius 1 is 1.16 bits per heavy atom. The quantitative estimate of drug-likeness (QED) is 0.637. The van der Waals surface area contributed by atoms with E-state index in [1.54, 1.807) is 17.4 Å². The highest BCUT2D eigenvalue weighted by atomic mass is 32.1. The molecule has 8 nitrogen and oxygen atoms in total. The first-order chi connectivity index (χ1) is 15.3. The van der Waals surface area contributed by atoms with E-state index in [9.17, 15) is 9.59 Å². The fourth-order valence-electron chi connectivity index (χ4n) is 3.40. The number of nitrogens with zero attached hydrogens (tertiary/aromatic N) is 3. The Hall–Kier alpha value is -2.65. The van der Waals surface area contributed by atoms with E-state index in [2.05, 4.69) is 15.2 Å². The van der Waals surface area contributed by atoms with E-state index in [0.717, 1.165) is 42.4 Å². The van der Waals surface area contributed by atoms with E-state index in [1.165, 1.54) is 11.3 Å². The summed E-state index contributed by atoms with van der Waals surface area (Å²) >= 11 is 1.43. The Kier molecular flexibility index (Phi) is 8.09. The Morgan fingerprint density at radius 3 is 2.56 bits per heavy atom. The number of hydrogen-bond donors (Lipinski definition) is 1. The summed E-state index contributed by atoms with van der Waals surface area (Å²) in [4.78, 5) is 33.1. The van der Waals surface area contributed by atoms with Crippen LogP contribution in [0.1, 0.15) is 37.7 Å². The van der Waals surface area contributed by atoms with Gasteiger partial charge in [0.25, 0.3) is 5.91 Å². The summed E-state index contributed by atoms with van der Waals surface area (Å²) in [5, 5.41) is 5.48. The topological polar surface area (TPSA) is 84.0 Å². The van der Waals surface area contributed by atoms with Crippen molar-refractivity contribution in [1.29, 1.82) is 0 Å². The van der Waals surface area contributed by atoms with E-state index in [1.807, 2.05) is 45.0 Å². The van der Waals surface area contributed by atoms with Gasteiger partial charge in [0.15, 0.2) is 0 Å². The normalized spacial score (nSPS) is 14.8. The summed E-state index contributed by atoms with van der Waals surface area (Å²) in [5.41, 5.74) is 0.823. The molecule has 0 bridgehead atoms. The van der Waals surface area contributed by atoms with Gasteiger partial charge in [-0.2, -0.15) is 0 Å². The van der Waals surface area contributed by atoms with E-state index in [-0.39, 0.29) is 12.0 Å². The highest BCUT2D eigenvalue weighted by Gasteiger charge is 2.25. The predicted molar refractivity (Wildman–Crippen MR) is 125 cm³/mol. The Labute approximate surface area is 193 Å². The van der Waals surface area contributed by atoms with Gasteiger partial charge in [0.1, 0.15) is 22.1 Å². The molecule has 1 aromatic heterocycles. The molecule has 0 saturated carbocycles. The fourth-order valence-corrected chi connectivity index (χ4v) is 4.23. The Morgan fingerprint density at radius 2 is 1.88 bits per heavy atom. The maximum Gasteiger partial charge on any atom is 0.410 e. The minimum Gasteiger partial charge on any atom is -0.496 e. The summed E-state index contributed by atoms with van der Waals surface area (Å²) in [5.74, 6) is 0.567. The number of para-hydroxylation sites is 1. The standard InChI is InChI=1S/C23H32N4O4S/c1-23(2,3)31-22(29)27-14-12-26(13-15-27)11-7-10-24-20(28)18-16-32-21(25-18)17-8-5-6-9-19(17)30-4/h5-6,8-9,16H,7,10-15H2,1-4H3,(H,24,28). The zero-order valence-electron chi connectivity index (χ0n) is 19.2. The molecule has 32 heavy (non-hydrogen) atoms. The van der Waals surface area contributed by atoms with Crippen LogP contribution in [-0.2, 0) is 4.74 Å². The molecule has 1 aromatic carbocycles. The molecule has 1 saturated heterocycles. The number of carbonyl (C=O) groups excluding carboxylic acids is 2. The lowest BCUT2D eigenvalue weighted by atomic mass is 10.2. The van der Waals surface area contributed by atoms with Gasteiger partial charge in [-0.3, -0.25) is 9.69 Å². The van der Waals surface area contributed by atoms with E-state index in [0.29, 0.717) is 25.3 Å². The fraction of sp³-hybridized carbons (Fsp3) is 0.522. The number of methoxy groups -OCH3 is 1. The lowest BCUT2D eigenvalue weighted by Crippen LogP contribution is -2.50. The van der Waals surface area contributed by atoms with Gasteiger partial charge in [0, 0.05) is 38.1 Å². The Bertz CT molecular complexity index is 917. The van der Waals surface area contributed by atoms with Crippen LogP contribution in [0.5, 0.6) is 5.75 Å². The molecule has 1 N–H and O–H groups in total. The van der Waals surface area contributed by atoms with Crippen molar-refractivity contribution in [2.45, 2.75) is 32.8 Å². The van der Waals surface area contributed by atoms with Crippen molar-refractivity contribution in [2.24, 2.45) is 0 Å². The molecule has 0 atom stereocenters. The number of ether oxygens (including phenoxy) is 2. The second-order valence-corrected chi connectivity index (χ2v) is 9.51. The lowest BCUT2D eigenvalue weighted by Gasteiger charge is -2.35. The van der Waals surface area contributed by atoms with Gasteiger partial charge in [-0.25, -0.2) is 9.78 Å². The number of carbonyl (C=O) groups is 2. The van der Waals surface area contributed by atoms with E-state index < -0.39 is 5.60 Å². The highest BCUT2D eigenvalue weighted by molar-refractivity contribution is 7.13. The second-order valence-electron chi connectivity index (χ2n) is 8.66. The smallest absolute Gasteiger partial charge is 0.410 e. The molecule has 9 heteroatoms. The van der Waals surface area contributed by atoms with Gasteiger partial charge in [-0.15, -0.1) is 11.3 Å². The average molecular weight is 461 g/mol. The molecular formula is C23H32N4O4S. The monoisotopic (exact) mass is 460 g/mol. The molecular weight excluding hydrogens is 428 g/mol. The van der Waals surface area contributed by atoms with Crippen molar-refractivity contribution in [1.82, 2.24) is 20.1 Å². The van der Waals surface area contributed by atoms with Crippen LogP contribution in [0.3, 0.4) is 0 Å². The van der Waals surface area contributed by atoms with Crippen molar-refractivity contribution in [3.05, 3.63) is 35.3 Å². The highest BCUT2D eigenvalue weighted by Crippen LogP contribution is 2.31. The zero-order chi connectivity index (χ0) is 23.1. The number of thiazole rings is 1. The molecule has 0 radical (unpaired) electrons. The first kappa shape index (κ1) is 24.0. The van der Waals surface area contributed by atoms with Crippen LogP contribution in [0, 0.1) is 0 Å². The third-order valence-corrected chi connectivity index (χ3v) is 5.91. The molecule has 0 aliphatic carbocycles. The number of piperazine rings is 1. The molecule has 1 aliphatic rings. The molecule has 1 aliphatic heterocycles. The van der Waals surface area contributed by atoms with Crippen molar-refractivity contribution in [3.63, 3.8) is 0 Å².